The number of aromatic nitrogens is 1. The van der Waals surface area contributed by atoms with E-state index in [9.17, 15) is 0 Å². The highest BCUT2D eigenvalue weighted by atomic mass is 35.5. The van der Waals surface area contributed by atoms with Crippen molar-refractivity contribution in [3.05, 3.63) is 49.4 Å². The third-order valence-corrected chi connectivity index (χ3v) is 4.83. The average Bonchev–Trinajstić information content (AvgIpc) is 2.78. The lowest BCUT2D eigenvalue weighted by Gasteiger charge is -2.04. The third kappa shape index (κ3) is 3.53. The molecule has 20 heavy (non-hydrogen) atoms. The Bertz CT molecular complexity index is 573. The summed E-state index contributed by atoms with van der Waals surface area (Å²) in [5, 5.41) is 5.67. The van der Waals surface area contributed by atoms with Crippen molar-refractivity contribution in [3.8, 4) is 0 Å². The van der Waals surface area contributed by atoms with Gasteiger partial charge in [0.05, 0.1) is 10.7 Å². The zero-order valence-corrected chi connectivity index (χ0v) is 14.2. The molecule has 0 aliphatic heterocycles. The molecule has 2 nitrogen and oxygen atoms in total. The van der Waals surface area contributed by atoms with Crippen LogP contribution in [0.25, 0.3) is 0 Å². The fourth-order valence-corrected chi connectivity index (χ4v) is 3.86. The van der Waals surface area contributed by atoms with Gasteiger partial charge in [-0.25, -0.2) is 4.98 Å². The van der Waals surface area contributed by atoms with Gasteiger partial charge < -0.3 is 5.32 Å². The molecule has 0 spiro atoms. The number of halogens is 2. The van der Waals surface area contributed by atoms with Crippen LogP contribution in [0.4, 0.5) is 0 Å². The second-order valence-electron chi connectivity index (χ2n) is 4.98. The van der Waals surface area contributed by atoms with Crippen LogP contribution >= 0.6 is 34.5 Å². The van der Waals surface area contributed by atoms with Gasteiger partial charge in [-0.2, -0.15) is 0 Å². The van der Waals surface area contributed by atoms with Crippen LogP contribution in [-0.2, 0) is 13.0 Å². The number of thiazole rings is 1. The van der Waals surface area contributed by atoms with E-state index >= 15 is 0 Å². The summed E-state index contributed by atoms with van der Waals surface area (Å²) in [6.07, 6.45) is 0.687. The van der Waals surface area contributed by atoms with Crippen LogP contribution in [0, 0.1) is 0 Å². The smallest absolute Gasteiger partial charge is 0.0976 e. The molecule has 2 aromatic rings. The van der Waals surface area contributed by atoms with Crippen LogP contribution in [0.5, 0.6) is 0 Å². The molecule has 0 unspecified atom stereocenters. The van der Waals surface area contributed by atoms with Crippen molar-refractivity contribution in [1.29, 1.82) is 0 Å². The average molecular weight is 329 g/mol. The van der Waals surface area contributed by atoms with Gasteiger partial charge in [0.2, 0.25) is 0 Å². The van der Waals surface area contributed by atoms with Crippen molar-refractivity contribution >= 4 is 34.5 Å². The Kier molecular flexibility index (Phi) is 5.44. The molecule has 5 heteroatoms. The van der Waals surface area contributed by atoms with Gasteiger partial charge in [0.1, 0.15) is 0 Å². The van der Waals surface area contributed by atoms with E-state index in [0.717, 1.165) is 17.1 Å². The van der Waals surface area contributed by atoms with E-state index in [0.29, 0.717) is 22.4 Å². The molecule has 1 aromatic heterocycles. The first kappa shape index (κ1) is 15.8. The molecule has 2 rings (SSSR count). The summed E-state index contributed by atoms with van der Waals surface area (Å²) in [6.45, 7) is 5.18. The van der Waals surface area contributed by atoms with E-state index in [2.05, 4.69) is 19.2 Å². The minimum Gasteiger partial charge on any atom is -0.315 e. The maximum Gasteiger partial charge on any atom is 0.0976 e. The molecule has 0 saturated heterocycles. The Morgan fingerprint density at radius 3 is 2.45 bits per heavy atom. The first-order valence-electron chi connectivity index (χ1n) is 6.59. The maximum atomic E-state index is 6.23. The van der Waals surface area contributed by atoms with Crippen LogP contribution in [0.15, 0.2) is 18.2 Å². The van der Waals surface area contributed by atoms with Gasteiger partial charge in [0.25, 0.3) is 0 Å². The fourth-order valence-electron chi connectivity index (χ4n) is 2.08. The number of hydrogen-bond donors (Lipinski definition) is 1. The molecule has 0 amide bonds. The van der Waals surface area contributed by atoms with E-state index < -0.39 is 0 Å². The summed E-state index contributed by atoms with van der Waals surface area (Å²) in [5.41, 5.74) is 2.12. The lowest BCUT2D eigenvalue weighted by Crippen LogP contribution is -2.06. The number of nitrogens with zero attached hydrogens (tertiary/aromatic N) is 1. The standard InChI is InChI=1S/C15H18Cl2N2S/c1-9(2)15-13(8-18-3)20-14(19-15)7-10-11(16)5-4-6-12(10)17/h4-6,9,18H,7-8H2,1-3H3. The number of benzene rings is 1. The highest BCUT2D eigenvalue weighted by molar-refractivity contribution is 7.11. The molecule has 1 aromatic carbocycles. The van der Waals surface area contributed by atoms with E-state index in [1.165, 1.54) is 10.6 Å². The molecule has 0 aliphatic rings. The minimum atomic E-state index is 0.421. The van der Waals surface area contributed by atoms with Gasteiger partial charge in [-0.1, -0.05) is 43.1 Å². The van der Waals surface area contributed by atoms with Gasteiger partial charge in [-0.15, -0.1) is 11.3 Å². The largest absolute Gasteiger partial charge is 0.315 e. The number of rotatable bonds is 5. The first-order chi connectivity index (χ1) is 9.52. The van der Waals surface area contributed by atoms with Gasteiger partial charge in [0, 0.05) is 27.9 Å². The maximum absolute atomic E-state index is 6.23. The second kappa shape index (κ2) is 6.90. The molecule has 0 bridgehead atoms. The quantitative estimate of drug-likeness (QED) is 0.845. The number of hydrogen-bond acceptors (Lipinski definition) is 3. The lowest BCUT2D eigenvalue weighted by atomic mass is 10.1. The molecule has 0 fully saturated rings. The highest BCUT2D eigenvalue weighted by Crippen LogP contribution is 2.31. The lowest BCUT2D eigenvalue weighted by molar-refractivity contribution is 0.768. The normalized spacial score (nSPS) is 11.3. The van der Waals surface area contributed by atoms with Gasteiger partial charge in [0.15, 0.2) is 0 Å². The van der Waals surface area contributed by atoms with Crippen molar-refractivity contribution in [1.82, 2.24) is 10.3 Å². The van der Waals surface area contributed by atoms with Crippen molar-refractivity contribution in [2.24, 2.45) is 0 Å². The molecule has 108 valence electrons. The van der Waals surface area contributed by atoms with Crippen LogP contribution in [0.2, 0.25) is 10.0 Å². The van der Waals surface area contributed by atoms with E-state index in [1.807, 2.05) is 25.2 Å². The van der Waals surface area contributed by atoms with E-state index in [4.69, 9.17) is 28.2 Å². The Hall–Kier alpha value is -0.610. The van der Waals surface area contributed by atoms with Crippen molar-refractivity contribution < 1.29 is 0 Å². The Balaban J connectivity index is 2.32. The Morgan fingerprint density at radius 1 is 1.25 bits per heavy atom. The van der Waals surface area contributed by atoms with E-state index in [1.54, 1.807) is 11.3 Å². The van der Waals surface area contributed by atoms with Crippen LogP contribution in [-0.4, -0.2) is 12.0 Å². The van der Waals surface area contributed by atoms with Crippen LogP contribution in [0.1, 0.15) is 40.9 Å². The SMILES string of the molecule is CNCc1sc(Cc2c(Cl)cccc2Cl)nc1C(C)C. The summed E-state index contributed by atoms with van der Waals surface area (Å²) in [7, 11) is 1.95. The van der Waals surface area contributed by atoms with Crippen LogP contribution in [0.3, 0.4) is 0 Å². The second-order valence-corrected chi connectivity index (χ2v) is 6.96. The topological polar surface area (TPSA) is 24.9 Å². The monoisotopic (exact) mass is 328 g/mol. The third-order valence-electron chi connectivity index (χ3n) is 3.05. The molecular weight excluding hydrogens is 311 g/mol. The zero-order valence-electron chi connectivity index (χ0n) is 11.8. The van der Waals surface area contributed by atoms with Crippen molar-refractivity contribution in [2.75, 3.05) is 7.05 Å². The van der Waals surface area contributed by atoms with E-state index in [-0.39, 0.29) is 0 Å². The van der Waals surface area contributed by atoms with Crippen LogP contribution < -0.4 is 5.32 Å². The first-order valence-corrected chi connectivity index (χ1v) is 8.16. The van der Waals surface area contributed by atoms with Gasteiger partial charge in [-0.3, -0.25) is 0 Å². The molecular formula is C15H18Cl2N2S. The molecule has 0 radical (unpaired) electrons. The van der Waals surface area contributed by atoms with Gasteiger partial charge >= 0.3 is 0 Å². The molecule has 1 heterocycles. The summed E-state index contributed by atoms with van der Waals surface area (Å²) in [5.74, 6) is 0.421. The Morgan fingerprint density at radius 2 is 1.90 bits per heavy atom. The summed E-state index contributed by atoms with van der Waals surface area (Å²) >= 11 is 14.2. The highest BCUT2D eigenvalue weighted by Gasteiger charge is 2.15. The molecule has 1 N–H and O–H groups in total. The summed E-state index contributed by atoms with van der Waals surface area (Å²) in [4.78, 5) is 6.06. The number of nitrogens with one attached hydrogen (secondary N) is 1. The predicted octanol–water partition coefficient (Wildman–Crippen LogP) is 4.88. The molecule has 0 saturated carbocycles. The summed E-state index contributed by atoms with van der Waals surface area (Å²) < 4.78 is 0. The molecule has 0 atom stereocenters. The predicted molar refractivity (Wildman–Crippen MR) is 88.2 cm³/mol. The molecule has 0 aliphatic carbocycles. The fraction of sp³-hybridized carbons (Fsp3) is 0.400. The zero-order chi connectivity index (χ0) is 14.7. The van der Waals surface area contributed by atoms with Crippen molar-refractivity contribution in [3.63, 3.8) is 0 Å². The van der Waals surface area contributed by atoms with Gasteiger partial charge in [-0.05, 0) is 30.7 Å². The summed E-state index contributed by atoms with van der Waals surface area (Å²) in [6, 6.07) is 5.60. The minimum absolute atomic E-state index is 0.421. The van der Waals surface area contributed by atoms with Crippen molar-refractivity contribution in [2.45, 2.75) is 32.7 Å². The Labute approximate surface area is 134 Å².